The van der Waals surface area contributed by atoms with E-state index < -0.39 is 9.90 Å². The van der Waals surface area contributed by atoms with Crippen LogP contribution < -0.4 is 0 Å². The molecule has 1 aromatic rings. The minimum atomic E-state index is -1.69. The SMILES string of the molecule is CC(C)(C)c1ccc(C(O)C(Cl)(Cl)Cl)cc1. The van der Waals surface area contributed by atoms with Crippen LogP contribution in [0.2, 0.25) is 0 Å². The number of halogens is 3. The zero-order valence-corrected chi connectivity index (χ0v) is 11.7. The topological polar surface area (TPSA) is 20.2 Å². The van der Waals surface area contributed by atoms with Gasteiger partial charge in [-0.3, -0.25) is 0 Å². The normalized spacial score (nSPS) is 14.9. The van der Waals surface area contributed by atoms with E-state index in [1.807, 2.05) is 12.1 Å². The van der Waals surface area contributed by atoms with Gasteiger partial charge in [0.1, 0.15) is 6.10 Å². The summed E-state index contributed by atoms with van der Waals surface area (Å²) in [6.07, 6.45) is -1.11. The molecule has 1 nitrogen and oxygen atoms in total. The monoisotopic (exact) mass is 280 g/mol. The Kier molecular flexibility index (Phi) is 4.18. The van der Waals surface area contributed by atoms with Gasteiger partial charge in [-0.1, -0.05) is 79.8 Å². The van der Waals surface area contributed by atoms with E-state index in [9.17, 15) is 5.11 Å². The van der Waals surface area contributed by atoms with E-state index in [1.165, 1.54) is 5.56 Å². The molecule has 16 heavy (non-hydrogen) atoms. The van der Waals surface area contributed by atoms with Gasteiger partial charge in [-0.25, -0.2) is 0 Å². The molecule has 1 rings (SSSR count). The number of rotatable bonds is 1. The van der Waals surface area contributed by atoms with E-state index >= 15 is 0 Å². The van der Waals surface area contributed by atoms with Gasteiger partial charge in [0.05, 0.1) is 0 Å². The molecule has 0 aliphatic rings. The molecule has 0 saturated carbocycles. The summed E-state index contributed by atoms with van der Waals surface area (Å²) in [7, 11) is 0. The lowest BCUT2D eigenvalue weighted by atomic mass is 9.86. The second kappa shape index (κ2) is 4.73. The van der Waals surface area contributed by atoms with Crippen molar-refractivity contribution >= 4 is 34.8 Å². The van der Waals surface area contributed by atoms with Crippen molar-refractivity contribution in [1.82, 2.24) is 0 Å². The van der Waals surface area contributed by atoms with Crippen molar-refractivity contribution in [3.8, 4) is 0 Å². The zero-order chi connectivity index (χ0) is 12.6. The average Bonchev–Trinajstić information content (AvgIpc) is 2.14. The van der Waals surface area contributed by atoms with Crippen LogP contribution in [-0.4, -0.2) is 8.90 Å². The number of hydrogen-bond acceptors (Lipinski definition) is 1. The van der Waals surface area contributed by atoms with Crippen molar-refractivity contribution in [1.29, 1.82) is 0 Å². The van der Waals surface area contributed by atoms with Crippen LogP contribution in [0.3, 0.4) is 0 Å². The molecule has 90 valence electrons. The molecule has 4 heteroatoms. The lowest BCUT2D eigenvalue weighted by molar-refractivity contribution is 0.182. The molecule has 0 radical (unpaired) electrons. The van der Waals surface area contributed by atoms with Gasteiger partial charge < -0.3 is 5.11 Å². The third-order valence-corrected chi connectivity index (χ3v) is 3.02. The standard InChI is InChI=1S/C12H15Cl3O/c1-11(2,3)9-6-4-8(5-7-9)10(16)12(13,14)15/h4-7,10,16H,1-3H3. The average molecular weight is 282 g/mol. The summed E-state index contributed by atoms with van der Waals surface area (Å²) in [5.41, 5.74) is 1.85. The van der Waals surface area contributed by atoms with Crippen LogP contribution in [0.15, 0.2) is 24.3 Å². The van der Waals surface area contributed by atoms with E-state index in [4.69, 9.17) is 34.8 Å². The number of hydrogen-bond donors (Lipinski definition) is 1. The largest absolute Gasteiger partial charge is 0.384 e. The van der Waals surface area contributed by atoms with Crippen molar-refractivity contribution in [3.05, 3.63) is 35.4 Å². The maximum Gasteiger partial charge on any atom is 0.220 e. The van der Waals surface area contributed by atoms with Crippen LogP contribution in [0.25, 0.3) is 0 Å². The van der Waals surface area contributed by atoms with E-state index in [2.05, 4.69) is 20.8 Å². The first-order valence-corrected chi connectivity index (χ1v) is 6.11. The molecule has 0 amide bonds. The fourth-order valence-corrected chi connectivity index (χ4v) is 1.73. The van der Waals surface area contributed by atoms with E-state index in [0.29, 0.717) is 5.56 Å². The van der Waals surface area contributed by atoms with Crippen molar-refractivity contribution < 1.29 is 5.11 Å². The molecule has 0 aromatic heterocycles. The maximum absolute atomic E-state index is 9.75. The Morgan fingerprint density at radius 1 is 1.00 bits per heavy atom. The molecule has 1 atom stereocenters. The summed E-state index contributed by atoms with van der Waals surface area (Å²) in [5.74, 6) is 0. The fraction of sp³-hybridized carbons (Fsp3) is 0.500. The molecule has 0 bridgehead atoms. The van der Waals surface area contributed by atoms with E-state index in [1.54, 1.807) is 12.1 Å². The van der Waals surface area contributed by atoms with E-state index in [0.717, 1.165) is 0 Å². The van der Waals surface area contributed by atoms with Gasteiger partial charge in [-0.05, 0) is 16.5 Å². The highest BCUT2D eigenvalue weighted by atomic mass is 35.6. The predicted octanol–water partition coefficient (Wildman–Crippen LogP) is 4.39. The molecule has 0 aliphatic heterocycles. The number of aliphatic hydroxyl groups excluding tert-OH is 1. The predicted molar refractivity (Wildman–Crippen MR) is 70.4 cm³/mol. The minimum Gasteiger partial charge on any atom is -0.384 e. The molecule has 1 N–H and O–H groups in total. The van der Waals surface area contributed by atoms with Gasteiger partial charge in [0, 0.05) is 0 Å². The van der Waals surface area contributed by atoms with Crippen LogP contribution in [0.5, 0.6) is 0 Å². The van der Waals surface area contributed by atoms with Crippen molar-refractivity contribution in [3.63, 3.8) is 0 Å². The zero-order valence-electron chi connectivity index (χ0n) is 9.47. The Morgan fingerprint density at radius 2 is 1.44 bits per heavy atom. The van der Waals surface area contributed by atoms with Gasteiger partial charge in [-0.2, -0.15) is 0 Å². The summed E-state index contributed by atoms with van der Waals surface area (Å²) in [6.45, 7) is 6.36. The minimum absolute atomic E-state index is 0.0729. The molecule has 1 unspecified atom stereocenters. The molecule has 1 aromatic carbocycles. The highest BCUT2D eigenvalue weighted by Gasteiger charge is 2.32. The summed E-state index contributed by atoms with van der Waals surface area (Å²) < 4.78 is -1.69. The van der Waals surface area contributed by atoms with Gasteiger partial charge in [0.2, 0.25) is 3.79 Å². The number of benzene rings is 1. The highest BCUT2D eigenvalue weighted by Crippen LogP contribution is 2.39. The molecule has 0 heterocycles. The molecule has 0 saturated heterocycles. The van der Waals surface area contributed by atoms with Crippen molar-refractivity contribution in [2.24, 2.45) is 0 Å². The Hall–Kier alpha value is 0.0500. The lowest BCUT2D eigenvalue weighted by Gasteiger charge is -2.22. The summed E-state index contributed by atoms with van der Waals surface area (Å²) in [5, 5.41) is 9.75. The second-order valence-electron chi connectivity index (χ2n) is 4.82. The fourth-order valence-electron chi connectivity index (χ4n) is 1.35. The third kappa shape index (κ3) is 3.53. The molecular formula is C12H15Cl3O. The van der Waals surface area contributed by atoms with Gasteiger partial charge >= 0.3 is 0 Å². The van der Waals surface area contributed by atoms with Crippen molar-refractivity contribution in [2.45, 2.75) is 36.1 Å². The lowest BCUT2D eigenvalue weighted by Crippen LogP contribution is -2.17. The first-order valence-electron chi connectivity index (χ1n) is 4.97. The molecular weight excluding hydrogens is 266 g/mol. The molecule has 0 spiro atoms. The Morgan fingerprint density at radius 3 is 1.75 bits per heavy atom. The first-order chi connectivity index (χ1) is 7.12. The summed E-state index contributed by atoms with van der Waals surface area (Å²) in [4.78, 5) is 0. The van der Waals surface area contributed by atoms with Crippen molar-refractivity contribution in [2.75, 3.05) is 0 Å². The maximum atomic E-state index is 9.75. The molecule has 0 aliphatic carbocycles. The Bertz CT molecular complexity index is 346. The van der Waals surface area contributed by atoms with Crippen LogP contribution >= 0.6 is 34.8 Å². The Labute approximate surface area is 111 Å². The molecule has 0 fully saturated rings. The van der Waals surface area contributed by atoms with Crippen LogP contribution in [0.1, 0.15) is 38.0 Å². The Balaban J connectivity index is 2.96. The van der Waals surface area contributed by atoms with Crippen LogP contribution in [0.4, 0.5) is 0 Å². The first kappa shape index (κ1) is 14.1. The van der Waals surface area contributed by atoms with Crippen LogP contribution in [-0.2, 0) is 5.41 Å². The number of alkyl halides is 3. The third-order valence-electron chi connectivity index (χ3n) is 2.40. The highest BCUT2D eigenvalue weighted by molar-refractivity contribution is 6.68. The second-order valence-corrected chi connectivity index (χ2v) is 7.19. The van der Waals surface area contributed by atoms with E-state index in [-0.39, 0.29) is 5.41 Å². The van der Waals surface area contributed by atoms with Gasteiger partial charge in [0.25, 0.3) is 0 Å². The van der Waals surface area contributed by atoms with Gasteiger partial charge in [0.15, 0.2) is 0 Å². The summed E-state index contributed by atoms with van der Waals surface area (Å²) >= 11 is 16.9. The summed E-state index contributed by atoms with van der Waals surface area (Å²) in [6, 6.07) is 7.45. The van der Waals surface area contributed by atoms with Crippen LogP contribution in [0, 0.1) is 0 Å². The van der Waals surface area contributed by atoms with Gasteiger partial charge in [-0.15, -0.1) is 0 Å². The smallest absolute Gasteiger partial charge is 0.220 e. The number of aliphatic hydroxyl groups is 1. The quantitative estimate of drug-likeness (QED) is 0.757.